The van der Waals surface area contributed by atoms with Crippen LogP contribution in [-0.2, 0) is 6.54 Å². The van der Waals surface area contributed by atoms with Crippen molar-refractivity contribution in [3.05, 3.63) is 23.7 Å². The van der Waals surface area contributed by atoms with Gasteiger partial charge in [-0.1, -0.05) is 0 Å². The van der Waals surface area contributed by atoms with Crippen molar-refractivity contribution in [3.8, 4) is 0 Å². The van der Waals surface area contributed by atoms with Crippen LogP contribution in [0.25, 0.3) is 0 Å². The highest BCUT2D eigenvalue weighted by atomic mass is 16.3. The van der Waals surface area contributed by atoms with Crippen LogP contribution in [0.5, 0.6) is 0 Å². The van der Waals surface area contributed by atoms with E-state index in [9.17, 15) is 4.79 Å². The molecule has 78 valence electrons. The van der Waals surface area contributed by atoms with Crippen molar-refractivity contribution in [3.63, 3.8) is 0 Å². The van der Waals surface area contributed by atoms with Crippen LogP contribution in [0.3, 0.4) is 0 Å². The maximum absolute atomic E-state index is 11.5. The Bertz CT molecular complexity index is 318. The number of amides is 2. The van der Waals surface area contributed by atoms with E-state index < -0.39 is 0 Å². The SMILES string of the molecule is Cc1occc1CN(C)C(=O)N(C)C. The number of nitrogens with zero attached hydrogens (tertiary/aromatic N) is 2. The van der Waals surface area contributed by atoms with Gasteiger partial charge in [0.05, 0.1) is 12.8 Å². The predicted octanol–water partition coefficient (Wildman–Crippen LogP) is 1.70. The molecule has 1 aromatic heterocycles. The smallest absolute Gasteiger partial charge is 0.319 e. The number of carbonyl (C=O) groups excluding carboxylic acids is 1. The Kier molecular flexibility index (Phi) is 3.17. The van der Waals surface area contributed by atoms with Crippen LogP contribution >= 0.6 is 0 Å². The van der Waals surface area contributed by atoms with Crippen LogP contribution in [-0.4, -0.2) is 37.0 Å². The second-order valence-corrected chi connectivity index (χ2v) is 3.54. The van der Waals surface area contributed by atoms with Gasteiger partial charge in [-0.05, 0) is 13.0 Å². The Balaban J connectivity index is 2.62. The molecule has 0 saturated carbocycles. The van der Waals surface area contributed by atoms with Gasteiger partial charge < -0.3 is 14.2 Å². The lowest BCUT2D eigenvalue weighted by Gasteiger charge is -2.21. The van der Waals surface area contributed by atoms with Crippen molar-refractivity contribution in [2.75, 3.05) is 21.1 Å². The Morgan fingerprint density at radius 1 is 1.43 bits per heavy atom. The molecule has 0 aliphatic carbocycles. The minimum Gasteiger partial charge on any atom is -0.469 e. The maximum Gasteiger partial charge on any atom is 0.319 e. The summed E-state index contributed by atoms with van der Waals surface area (Å²) in [7, 11) is 5.25. The maximum atomic E-state index is 11.5. The fourth-order valence-corrected chi connectivity index (χ4v) is 1.24. The lowest BCUT2D eigenvalue weighted by molar-refractivity contribution is 0.179. The number of carbonyl (C=O) groups is 1. The molecule has 0 radical (unpaired) electrons. The fourth-order valence-electron chi connectivity index (χ4n) is 1.24. The molecule has 0 fully saturated rings. The Hall–Kier alpha value is -1.45. The molecule has 0 unspecified atom stereocenters. The van der Waals surface area contributed by atoms with Crippen molar-refractivity contribution in [1.29, 1.82) is 0 Å². The van der Waals surface area contributed by atoms with Crippen molar-refractivity contribution in [2.24, 2.45) is 0 Å². The Morgan fingerprint density at radius 2 is 2.07 bits per heavy atom. The monoisotopic (exact) mass is 196 g/mol. The molecular weight excluding hydrogens is 180 g/mol. The van der Waals surface area contributed by atoms with E-state index in [1.165, 1.54) is 0 Å². The molecule has 1 aromatic rings. The van der Waals surface area contributed by atoms with Gasteiger partial charge in [0.2, 0.25) is 0 Å². The van der Waals surface area contributed by atoms with Gasteiger partial charge in [0.25, 0.3) is 0 Å². The van der Waals surface area contributed by atoms with Crippen LogP contribution in [0.1, 0.15) is 11.3 Å². The van der Waals surface area contributed by atoms with Crippen LogP contribution in [0.2, 0.25) is 0 Å². The van der Waals surface area contributed by atoms with E-state index in [2.05, 4.69) is 0 Å². The van der Waals surface area contributed by atoms with Gasteiger partial charge in [-0.3, -0.25) is 0 Å². The quantitative estimate of drug-likeness (QED) is 0.722. The summed E-state index contributed by atoms with van der Waals surface area (Å²) in [5, 5.41) is 0. The molecule has 0 aliphatic rings. The third kappa shape index (κ3) is 2.28. The van der Waals surface area contributed by atoms with E-state index in [4.69, 9.17) is 4.42 Å². The van der Waals surface area contributed by atoms with Gasteiger partial charge in [-0.2, -0.15) is 0 Å². The minimum atomic E-state index is -0.00870. The van der Waals surface area contributed by atoms with E-state index in [0.29, 0.717) is 6.54 Å². The minimum absolute atomic E-state index is 0.00870. The molecule has 4 nitrogen and oxygen atoms in total. The number of rotatable bonds is 2. The van der Waals surface area contributed by atoms with Crippen molar-refractivity contribution in [2.45, 2.75) is 13.5 Å². The summed E-state index contributed by atoms with van der Waals surface area (Å²) >= 11 is 0. The number of furan rings is 1. The van der Waals surface area contributed by atoms with E-state index in [1.807, 2.05) is 13.0 Å². The standard InChI is InChI=1S/C10H16N2O2/c1-8-9(5-6-14-8)7-12(4)10(13)11(2)3/h5-6H,7H2,1-4H3. The van der Waals surface area contributed by atoms with Gasteiger partial charge >= 0.3 is 6.03 Å². The number of hydrogen-bond donors (Lipinski definition) is 0. The molecule has 4 heteroatoms. The first kappa shape index (κ1) is 10.6. The van der Waals surface area contributed by atoms with E-state index in [1.54, 1.807) is 37.2 Å². The second kappa shape index (κ2) is 4.17. The highest BCUT2D eigenvalue weighted by Gasteiger charge is 2.12. The normalized spacial score (nSPS) is 10.0. The summed E-state index contributed by atoms with van der Waals surface area (Å²) in [6.45, 7) is 2.47. The lowest BCUT2D eigenvalue weighted by atomic mass is 10.2. The molecule has 1 heterocycles. The van der Waals surface area contributed by atoms with Crippen LogP contribution in [0.4, 0.5) is 4.79 Å². The first-order chi connectivity index (χ1) is 6.52. The molecule has 0 spiro atoms. The summed E-state index contributed by atoms with van der Waals surface area (Å²) in [5.41, 5.74) is 1.04. The largest absolute Gasteiger partial charge is 0.469 e. The topological polar surface area (TPSA) is 36.7 Å². The molecule has 0 N–H and O–H groups in total. The summed E-state index contributed by atoms with van der Waals surface area (Å²) in [6, 6.07) is 1.88. The van der Waals surface area contributed by atoms with Crippen LogP contribution < -0.4 is 0 Å². The highest BCUT2D eigenvalue weighted by Crippen LogP contribution is 2.11. The van der Waals surface area contributed by atoms with Gasteiger partial charge in [-0.15, -0.1) is 0 Å². The van der Waals surface area contributed by atoms with Gasteiger partial charge in [0.1, 0.15) is 5.76 Å². The summed E-state index contributed by atoms with van der Waals surface area (Å²) in [6.07, 6.45) is 1.64. The lowest BCUT2D eigenvalue weighted by Crippen LogP contribution is -2.35. The van der Waals surface area contributed by atoms with Gasteiger partial charge in [0.15, 0.2) is 0 Å². The molecule has 1 rings (SSSR count). The Labute approximate surface area is 84.1 Å². The summed E-state index contributed by atoms with van der Waals surface area (Å²) in [4.78, 5) is 14.7. The average molecular weight is 196 g/mol. The number of urea groups is 1. The van der Waals surface area contributed by atoms with Crippen LogP contribution in [0, 0.1) is 6.92 Å². The first-order valence-electron chi connectivity index (χ1n) is 4.47. The van der Waals surface area contributed by atoms with E-state index in [0.717, 1.165) is 11.3 Å². The average Bonchev–Trinajstić information content (AvgIpc) is 2.50. The predicted molar refractivity (Wildman–Crippen MR) is 54.0 cm³/mol. The van der Waals surface area contributed by atoms with Crippen molar-refractivity contribution in [1.82, 2.24) is 9.80 Å². The first-order valence-corrected chi connectivity index (χ1v) is 4.47. The molecule has 0 bridgehead atoms. The molecule has 0 aliphatic heterocycles. The second-order valence-electron chi connectivity index (χ2n) is 3.54. The molecule has 14 heavy (non-hydrogen) atoms. The molecule has 0 saturated heterocycles. The molecule has 2 amide bonds. The zero-order valence-corrected chi connectivity index (χ0v) is 9.07. The summed E-state index contributed by atoms with van der Waals surface area (Å²) < 4.78 is 5.15. The Morgan fingerprint density at radius 3 is 2.50 bits per heavy atom. The molecule has 0 aromatic carbocycles. The fraction of sp³-hybridized carbons (Fsp3) is 0.500. The third-order valence-corrected chi connectivity index (χ3v) is 2.08. The number of aryl methyl sites for hydroxylation is 1. The third-order valence-electron chi connectivity index (χ3n) is 2.08. The highest BCUT2D eigenvalue weighted by molar-refractivity contribution is 5.73. The molecule has 0 atom stereocenters. The zero-order valence-electron chi connectivity index (χ0n) is 9.07. The van der Waals surface area contributed by atoms with Crippen molar-refractivity contribution < 1.29 is 9.21 Å². The zero-order chi connectivity index (χ0) is 10.7. The summed E-state index contributed by atoms with van der Waals surface area (Å²) in [5.74, 6) is 0.864. The van der Waals surface area contributed by atoms with Gasteiger partial charge in [0, 0.05) is 26.7 Å². The van der Waals surface area contributed by atoms with Crippen LogP contribution in [0.15, 0.2) is 16.7 Å². The molecular formula is C10H16N2O2. The van der Waals surface area contributed by atoms with E-state index >= 15 is 0 Å². The van der Waals surface area contributed by atoms with E-state index in [-0.39, 0.29) is 6.03 Å². The van der Waals surface area contributed by atoms with Crippen molar-refractivity contribution >= 4 is 6.03 Å². The number of hydrogen-bond acceptors (Lipinski definition) is 2. The van der Waals surface area contributed by atoms with Gasteiger partial charge in [-0.25, -0.2) is 4.79 Å².